The van der Waals surface area contributed by atoms with E-state index < -0.39 is 11.1 Å². The Hall–Kier alpha value is -3.89. The van der Waals surface area contributed by atoms with E-state index in [9.17, 15) is 18.8 Å². The fraction of sp³-hybridized carbons (Fsp3) is 0.276. The van der Waals surface area contributed by atoms with Gasteiger partial charge in [-0.1, -0.05) is 12.1 Å². The number of nitrogens with zero attached hydrogens (tertiary/aromatic N) is 3. The highest BCUT2D eigenvalue weighted by Crippen LogP contribution is 2.34. The number of morpholine rings is 1. The molecular weight excluding hydrogens is 521 g/mol. The molecule has 2 saturated heterocycles. The molecule has 2 aromatic carbocycles. The van der Waals surface area contributed by atoms with E-state index >= 15 is 0 Å². The Morgan fingerprint density at radius 1 is 1.05 bits per heavy atom. The van der Waals surface area contributed by atoms with Crippen LogP contribution in [0.2, 0.25) is 0 Å². The zero-order valence-electron chi connectivity index (χ0n) is 21.7. The lowest BCUT2D eigenvalue weighted by molar-refractivity contribution is -0.139. The van der Waals surface area contributed by atoms with Crippen molar-refractivity contribution in [2.24, 2.45) is 0 Å². The average Bonchev–Trinajstić information content (AvgIpc) is 3.37. The van der Waals surface area contributed by atoms with Gasteiger partial charge in [-0.3, -0.25) is 19.3 Å². The standard InChI is InChI=1S/C29H28FN3O5S/c1-19-15-22(16-26-28(35)32(29(36)39-26)17-27(34)31-11-13-37-14-12-31)20(2)33(19)24-7-9-25(10-8-24)38-18-21-3-5-23(30)6-4-21/h3-10,15-16H,11-14,17-18H2,1-2H3/b26-16+. The second kappa shape index (κ2) is 11.5. The number of aryl methyl sites for hydroxylation is 1. The van der Waals surface area contributed by atoms with E-state index in [0.29, 0.717) is 43.6 Å². The summed E-state index contributed by atoms with van der Waals surface area (Å²) < 4.78 is 26.2. The van der Waals surface area contributed by atoms with Crippen molar-refractivity contribution in [2.75, 3.05) is 32.8 Å². The van der Waals surface area contributed by atoms with Gasteiger partial charge in [0.05, 0.1) is 18.1 Å². The van der Waals surface area contributed by atoms with Crippen molar-refractivity contribution < 1.29 is 28.2 Å². The third-order valence-corrected chi connectivity index (χ3v) is 7.61. The Morgan fingerprint density at radius 2 is 1.74 bits per heavy atom. The summed E-state index contributed by atoms with van der Waals surface area (Å²) in [4.78, 5) is 41.1. The molecule has 0 atom stereocenters. The number of carbonyl (C=O) groups excluding carboxylic acids is 3. The van der Waals surface area contributed by atoms with Crippen molar-refractivity contribution in [3.63, 3.8) is 0 Å². The van der Waals surface area contributed by atoms with Crippen molar-refractivity contribution in [1.82, 2.24) is 14.4 Å². The summed E-state index contributed by atoms with van der Waals surface area (Å²) in [5.41, 5.74) is 4.47. The van der Waals surface area contributed by atoms with Gasteiger partial charge >= 0.3 is 0 Å². The number of benzene rings is 2. The van der Waals surface area contributed by atoms with Crippen LogP contribution in [0.25, 0.3) is 11.8 Å². The first-order valence-corrected chi connectivity index (χ1v) is 13.4. The Labute approximate surface area is 230 Å². The third kappa shape index (κ3) is 5.91. The van der Waals surface area contributed by atoms with Gasteiger partial charge in [0.2, 0.25) is 5.91 Å². The molecule has 0 saturated carbocycles. The number of imide groups is 1. The largest absolute Gasteiger partial charge is 0.489 e. The smallest absolute Gasteiger partial charge is 0.294 e. The maximum absolute atomic E-state index is 13.1. The van der Waals surface area contributed by atoms with Gasteiger partial charge in [0, 0.05) is 30.2 Å². The van der Waals surface area contributed by atoms with Crippen LogP contribution in [-0.2, 0) is 20.9 Å². The predicted octanol–water partition coefficient (Wildman–Crippen LogP) is 4.71. The molecule has 0 aliphatic carbocycles. The van der Waals surface area contributed by atoms with Gasteiger partial charge in [-0.25, -0.2) is 4.39 Å². The Bertz CT molecular complexity index is 1430. The molecule has 2 aliphatic heterocycles. The maximum atomic E-state index is 13.1. The molecule has 0 radical (unpaired) electrons. The minimum absolute atomic E-state index is 0.259. The van der Waals surface area contributed by atoms with Gasteiger partial charge in [-0.2, -0.15) is 0 Å². The maximum Gasteiger partial charge on any atom is 0.294 e. The van der Waals surface area contributed by atoms with Crippen LogP contribution in [0.15, 0.2) is 59.5 Å². The molecule has 10 heteroatoms. The van der Waals surface area contributed by atoms with E-state index in [4.69, 9.17) is 9.47 Å². The summed E-state index contributed by atoms with van der Waals surface area (Å²) in [6, 6.07) is 15.8. The van der Waals surface area contributed by atoms with Gasteiger partial charge < -0.3 is 18.9 Å². The lowest BCUT2D eigenvalue weighted by Crippen LogP contribution is -2.46. The summed E-state index contributed by atoms with van der Waals surface area (Å²) in [5, 5.41) is -0.446. The normalized spacial score (nSPS) is 16.8. The van der Waals surface area contributed by atoms with Crippen LogP contribution < -0.4 is 4.74 Å². The van der Waals surface area contributed by atoms with E-state index in [-0.39, 0.29) is 18.3 Å². The van der Waals surface area contributed by atoms with Gasteiger partial charge in [0.15, 0.2) is 0 Å². The van der Waals surface area contributed by atoms with E-state index in [1.807, 2.05) is 44.2 Å². The number of rotatable bonds is 7. The number of hydrogen-bond donors (Lipinski definition) is 0. The summed E-state index contributed by atoms with van der Waals surface area (Å²) >= 11 is 0.848. The molecule has 39 heavy (non-hydrogen) atoms. The molecule has 3 heterocycles. The molecule has 5 rings (SSSR count). The minimum atomic E-state index is -0.459. The summed E-state index contributed by atoms with van der Waals surface area (Å²) in [5.74, 6) is -0.315. The van der Waals surface area contributed by atoms with Gasteiger partial charge in [0.25, 0.3) is 11.1 Å². The van der Waals surface area contributed by atoms with Crippen molar-refractivity contribution in [2.45, 2.75) is 20.5 Å². The fourth-order valence-corrected chi connectivity index (χ4v) is 5.42. The molecular formula is C29H28FN3O5S. The molecule has 2 aliphatic rings. The number of thioether (sulfide) groups is 1. The van der Waals surface area contributed by atoms with Crippen molar-refractivity contribution >= 4 is 34.9 Å². The highest BCUT2D eigenvalue weighted by atomic mass is 32.2. The molecule has 8 nitrogen and oxygen atoms in total. The Balaban J connectivity index is 1.28. The zero-order chi connectivity index (χ0) is 27.5. The first-order chi connectivity index (χ1) is 18.8. The lowest BCUT2D eigenvalue weighted by atomic mass is 10.2. The highest BCUT2D eigenvalue weighted by Gasteiger charge is 2.37. The molecule has 202 valence electrons. The van der Waals surface area contributed by atoms with E-state index in [1.165, 1.54) is 12.1 Å². The average molecular weight is 550 g/mol. The van der Waals surface area contributed by atoms with Crippen LogP contribution in [0.3, 0.4) is 0 Å². The summed E-state index contributed by atoms with van der Waals surface area (Å²) in [6.45, 7) is 5.80. The van der Waals surface area contributed by atoms with Gasteiger partial charge in [-0.05, 0) is 85.3 Å². The predicted molar refractivity (Wildman–Crippen MR) is 146 cm³/mol. The zero-order valence-corrected chi connectivity index (χ0v) is 22.5. The van der Waals surface area contributed by atoms with Crippen LogP contribution in [-0.4, -0.2) is 64.3 Å². The number of amides is 3. The summed E-state index contributed by atoms with van der Waals surface area (Å²) in [7, 11) is 0. The van der Waals surface area contributed by atoms with Crippen molar-refractivity contribution in [3.8, 4) is 11.4 Å². The first kappa shape index (κ1) is 26.7. The number of ether oxygens (including phenoxy) is 2. The fourth-order valence-electron chi connectivity index (χ4n) is 4.60. The molecule has 0 bridgehead atoms. The van der Waals surface area contributed by atoms with Crippen LogP contribution in [0.4, 0.5) is 9.18 Å². The van der Waals surface area contributed by atoms with Gasteiger partial charge in [0.1, 0.15) is 24.7 Å². The quantitative estimate of drug-likeness (QED) is 0.397. The number of halogens is 1. The Kier molecular flexibility index (Phi) is 7.85. The molecule has 0 unspecified atom stereocenters. The topological polar surface area (TPSA) is 81.1 Å². The number of hydrogen-bond acceptors (Lipinski definition) is 6. The molecule has 0 N–H and O–H groups in total. The van der Waals surface area contributed by atoms with Gasteiger partial charge in [-0.15, -0.1) is 0 Å². The molecule has 3 amide bonds. The third-order valence-electron chi connectivity index (χ3n) is 6.70. The number of aromatic nitrogens is 1. The Morgan fingerprint density at radius 3 is 2.44 bits per heavy atom. The van der Waals surface area contributed by atoms with Crippen molar-refractivity contribution in [3.05, 3.63) is 87.8 Å². The first-order valence-electron chi connectivity index (χ1n) is 12.6. The molecule has 2 fully saturated rings. The summed E-state index contributed by atoms with van der Waals surface area (Å²) in [6.07, 6.45) is 1.71. The lowest BCUT2D eigenvalue weighted by Gasteiger charge is -2.28. The van der Waals surface area contributed by atoms with Crippen LogP contribution in [0.1, 0.15) is 22.5 Å². The number of carbonyl (C=O) groups is 3. The second-order valence-electron chi connectivity index (χ2n) is 9.33. The highest BCUT2D eigenvalue weighted by molar-refractivity contribution is 8.18. The van der Waals surface area contributed by atoms with E-state index in [0.717, 1.165) is 44.9 Å². The van der Waals surface area contributed by atoms with E-state index in [2.05, 4.69) is 4.57 Å². The monoisotopic (exact) mass is 549 g/mol. The van der Waals surface area contributed by atoms with Crippen LogP contribution in [0.5, 0.6) is 5.75 Å². The molecule has 1 aromatic heterocycles. The SMILES string of the molecule is Cc1cc(/C=C2/SC(=O)N(CC(=O)N3CCOCC3)C2=O)c(C)n1-c1ccc(OCc2ccc(F)cc2)cc1. The minimum Gasteiger partial charge on any atom is -0.489 e. The molecule has 0 spiro atoms. The van der Waals surface area contributed by atoms with Crippen LogP contribution in [0, 0.1) is 19.7 Å². The molecule has 3 aromatic rings. The van der Waals surface area contributed by atoms with Crippen LogP contribution >= 0.6 is 11.8 Å². The van der Waals surface area contributed by atoms with E-state index in [1.54, 1.807) is 23.1 Å². The second-order valence-corrected chi connectivity index (χ2v) is 10.3. The van der Waals surface area contributed by atoms with Crippen molar-refractivity contribution in [1.29, 1.82) is 0 Å².